The van der Waals surface area contributed by atoms with Crippen LogP contribution < -0.4 is 0 Å². The predicted octanol–water partition coefficient (Wildman–Crippen LogP) is 3.40. The summed E-state index contributed by atoms with van der Waals surface area (Å²) in [5.41, 5.74) is 0.250. The maximum Gasteiger partial charge on any atom is 0.0920 e. The van der Waals surface area contributed by atoms with Gasteiger partial charge < -0.3 is 9.47 Å². The van der Waals surface area contributed by atoms with Gasteiger partial charge in [0.05, 0.1) is 17.8 Å². The minimum absolute atomic E-state index is 0.250. The van der Waals surface area contributed by atoms with E-state index in [1.54, 1.807) is 0 Å². The summed E-state index contributed by atoms with van der Waals surface area (Å²) in [4.78, 5) is 0. The van der Waals surface area contributed by atoms with Crippen LogP contribution in [0.15, 0.2) is 0 Å². The molecular weight excluding hydrogens is 200 g/mol. The molecule has 1 saturated heterocycles. The van der Waals surface area contributed by atoms with E-state index in [-0.39, 0.29) is 5.60 Å². The van der Waals surface area contributed by atoms with Gasteiger partial charge in [-0.2, -0.15) is 0 Å². The summed E-state index contributed by atoms with van der Waals surface area (Å²) in [6.07, 6.45) is 5.84. The van der Waals surface area contributed by atoms with E-state index in [1.807, 2.05) is 0 Å². The quantitative estimate of drug-likeness (QED) is 0.670. The van der Waals surface area contributed by atoms with E-state index in [2.05, 4.69) is 27.7 Å². The second-order valence-corrected chi connectivity index (χ2v) is 6.33. The molecule has 0 N–H and O–H groups in total. The Hall–Kier alpha value is -0.0800. The van der Waals surface area contributed by atoms with Crippen molar-refractivity contribution in [1.29, 1.82) is 0 Å². The smallest absolute Gasteiger partial charge is 0.0920 e. The summed E-state index contributed by atoms with van der Waals surface area (Å²) in [6.45, 7) is 9.88. The summed E-state index contributed by atoms with van der Waals surface area (Å²) in [6, 6.07) is 0. The van der Waals surface area contributed by atoms with E-state index in [0.29, 0.717) is 12.2 Å². The molecule has 2 rings (SSSR count). The zero-order valence-corrected chi connectivity index (χ0v) is 11.2. The highest BCUT2D eigenvalue weighted by atomic mass is 16.6. The van der Waals surface area contributed by atoms with Gasteiger partial charge in [0.25, 0.3) is 0 Å². The normalized spacial score (nSPS) is 39.6. The molecule has 2 fully saturated rings. The van der Waals surface area contributed by atoms with E-state index in [4.69, 9.17) is 9.47 Å². The molecule has 4 unspecified atom stereocenters. The lowest BCUT2D eigenvalue weighted by atomic mass is 9.83. The molecule has 0 aromatic rings. The lowest BCUT2D eigenvalue weighted by Gasteiger charge is -2.24. The molecule has 0 bridgehead atoms. The molecule has 0 aromatic carbocycles. The van der Waals surface area contributed by atoms with Crippen molar-refractivity contribution in [3.8, 4) is 0 Å². The van der Waals surface area contributed by atoms with Crippen LogP contribution in [0.25, 0.3) is 0 Å². The fourth-order valence-corrected chi connectivity index (χ4v) is 2.90. The molecule has 1 saturated carbocycles. The van der Waals surface area contributed by atoms with Crippen LogP contribution in [0.4, 0.5) is 0 Å². The molecule has 1 heterocycles. The number of ether oxygens (including phenoxy) is 2. The van der Waals surface area contributed by atoms with Crippen molar-refractivity contribution in [2.75, 3.05) is 6.61 Å². The fourth-order valence-electron chi connectivity index (χ4n) is 2.90. The van der Waals surface area contributed by atoms with Gasteiger partial charge in [-0.3, -0.25) is 0 Å². The van der Waals surface area contributed by atoms with Crippen molar-refractivity contribution in [1.82, 2.24) is 0 Å². The van der Waals surface area contributed by atoms with Crippen LogP contribution in [0.1, 0.15) is 53.4 Å². The third-order valence-corrected chi connectivity index (χ3v) is 4.05. The number of hydrogen-bond donors (Lipinski definition) is 0. The van der Waals surface area contributed by atoms with Crippen molar-refractivity contribution in [2.24, 2.45) is 11.8 Å². The molecular formula is C14H26O2. The molecule has 0 spiro atoms. The molecule has 0 aromatic heterocycles. The highest BCUT2D eigenvalue weighted by Crippen LogP contribution is 2.49. The molecule has 2 aliphatic rings. The fraction of sp³-hybridized carbons (Fsp3) is 1.00. The largest absolute Gasteiger partial charge is 0.378 e. The highest BCUT2D eigenvalue weighted by Gasteiger charge is 2.55. The van der Waals surface area contributed by atoms with E-state index in [0.717, 1.165) is 18.4 Å². The summed E-state index contributed by atoms with van der Waals surface area (Å²) >= 11 is 0. The van der Waals surface area contributed by atoms with Crippen LogP contribution in [0, 0.1) is 11.8 Å². The summed E-state index contributed by atoms with van der Waals surface area (Å²) in [5.74, 6) is 1.46. The van der Waals surface area contributed by atoms with Crippen LogP contribution >= 0.6 is 0 Å². The van der Waals surface area contributed by atoms with Crippen LogP contribution in [0.3, 0.4) is 0 Å². The van der Waals surface area contributed by atoms with Crippen LogP contribution in [-0.2, 0) is 9.47 Å². The summed E-state index contributed by atoms with van der Waals surface area (Å²) in [7, 11) is 0. The van der Waals surface area contributed by atoms with Gasteiger partial charge >= 0.3 is 0 Å². The third kappa shape index (κ3) is 2.98. The third-order valence-electron chi connectivity index (χ3n) is 4.05. The minimum Gasteiger partial charge on any atom is -0.378 e. The van der Waals surface area contributed by atoms with Gasteiger partial charge in [0.1, 0.15) is 0 Å². The first-order valence-corrected chi connectivity index (χ1v) is 6.79. The Labute approximate surface area is 99.7 Å². The van der Waals surface area contributed by atoms with Gasteiger partial charge in [-0.1, -0.05) is 13.8 Å². The zero-order valence-electron chi connectivity index (χ0n) is 11.2. The summed E-state index contributed by atoms with van der Waals surface area (Å²) in [5, 5.41) is 0. The van der Waals surface area contributed by atoms with Gasteiger partial charge in [0.15, 0.2) is 0 Å². The number of epoxide rings is 1. The van der Waals surface area contributed by atoms with Gasteiger partial charge in [-0.05, 0) is 51.4 Å². The zero-order chi connectivity index (χ0) is 11.8. The Morgan fingerprint density at radius 3 is 2.75 bits per heavy atom. The standard InChI is InChI=1S/C14H26O2/c1-10(2)7-11(3)15-9-12-5-6-14(4)13(8-12)16-14/h10-13H,5-9H2,1-4H3. The SMILES string of the molecule is CC(C)CC(C)OCC1CCC2(C)OC2C1. The Bertz CT molecular complexity index is 239. The molecule has 0 radical (unpaired) electrons. The van der Waals surface area contributed by atoms with Crippen LogP contribution in [0.5, 0.6) is 0 Å². The minimum atomic E-state index is 0.250. The second kappa shape index (κ2) is 4.66. The van der Waals surface area contributed by atoms with E-state index < -0.39 is 0 Å². The van der Waals surface area contributed by atoms with E-state index >= 15 is 0 Å². The van der Waals surface area contributed by atoms with Crippen LogP contribution in [-0.4, -0.2) is 24.4 Å². The first kappa shape index (κ1) is 12.4. The van der Waals surface area contributed by atoms with Crippen molar-refractivity contribution < 1.29 is 9.47 Å². The molecule has 0 amide bonds. The highest BCUT2D eigenvalue weighted by molar-refractivity contribution is 5.03. The van der Waals surface area contributed by atoms with Gasteiger partial charge in [0, 0.05) is 6.61 Å². The topological polar surface area (TPSA) is 21.8 Å². The Balaban J connectivity index is 1.64. The van der Waals surface area contributed by atoms with Gasteiger partial charge in [-0.15, -0.1) is 0 Å². The van der Waals surface area contributed by atoms with Crippen molar-refractivity contribution in [3.63, 3.8) is 0 Å². The first-order chi connectivity index (χ1) is 7.49. The Kier molecular flexibility index (Phi) is 3.60. The van der Waals surface area contributed by atoms with E-state index in [1.165, 1.54) is 25.7 Å². The molecule has 1 aliphatic carbocycles. The summed E-state index contributed by atoms with van der Waals surface area (Å²) < 4.78 is 11.6. The van der Waals surface area contributed by atoms with Gasteiger partial charge in [-0.25, -0.2) is 0 Å². The maximum absolute atomic E-state index is 5.94. The van der Waals surface area contributed by atoms with Crippen molar-refractivity contribution >= 4 is 0 Å². The average Bonchev–Trinajstić information content (AvgIpc) is 2.84. The van der Waals surface area contributed by atoms with Crippen molar-refractivity contribution in [3.05, 3.63) is 0 Å². The predicted molar refractivity (Wildman–Crippen MR) is 65.5 cm³/mol. The molecule has 94 valence electrons. The number of hydrogen-bond acceptors (Lipinski definition) is 2. The lowest BCUT2D eigenvalue weighted by Crippen LogP contribution is -2.26. The molecule has 2 nitrogen and oxygen atoms in total. The number of fused-ring (bicyclic) bond motifs is 1. The monoisotopic (exact) mass is 226 g/mol. The Morgan fingerprint density at radius 1 is 1.38 bits per heavy atom. The van der Waals surface area contributed by atoms with Crippen LogP contribution in [0.2, 0.25) is 0 Å². The van der Waals surface area contributed by atoms with E-state index in [9.17, 15) is 0 Å². The van der Waals surface area contributed by atoms with Gasteiger partial charge in [0.2, 0.25) is 0 Å². The molecule has 1 aliphatic heterocycles. The maximum atomic E-state index is 5.94. The molecule has 2 heteroatoms. The van der Waals surface area contributed by atoms with Crippen molar-refractivity contribution in [2.45, 2.75) is 71.2 Å². The lowest BCUT2D eigenvalue weighted by molar-refractivity contribution is 0.0209. The molecule has 4 atom stereocenters. The molecule has 16 heavy (non-hydrogen) atoms. The average molecular weight is 226 g/mol. The second-order valence-electron chi connectivity index (χ2n) is 6.33. The number of rotatable bonds is 5. The Morgan fingerprint density at radius 2 is 2.12 bits per heavy atom. The first-order valence-electron chi connectivity index (χ1n) is 6.79.